The highest BCUT2D eigenvalue weighted by atomic mass is 35.5. The van der Waals surface area contributed by atoms with Gasteiger partial charge in [0.1, 0.15) is 0 Å². The fourth-order valence-electron chi connectivity index (χ4n) is 0.125. The van der Waals surface area contributed by atoms with Crippen LogP contribution in [0, 0.1) is 0 Å². The second-order valence-corrected chi connectivity index (χ2v) is 3.35. The van der Waals surface area contributed by atoms with Crippen LogP contribution in [0.25, 0.3) is 0 Å². The molecule has 0 aromatic carbocycles. The highest BCUT2D eigenvalue weighted by Gasteiger charge is 2.19. The Balaban J connectivity index is 3.55. The molecule has 0 saturated carbocycles. The van der Waals surface area contributed by atoms with Gasteiger partial charge in [-0.05, 0) is 6.92 Å². The van der Waals surface area contributed by atoms with Crippen molar-refractivity contribution >= 4 is 34.6 Å². The average molecular weight is 179 g/mol. The molecule has 0 aliphatic heterocycles. The van der Waals surface area contributed by atoms with E-state index >= 15 is 0 Å². The van der Waals surface area contributed by atoms with Gasteiger partial charge in [0, 0.05) is 0 Å². The van der Waals surface area contributed by atoms with E-state index in [0.29, 0.717) is 0 Å². The maximum absolute atomic E-state index is 9.73. The van der Waals surface area contributed by atoms with E-state index in [-0.39, 0.29) is 0 Å². The molecule has 0 amide bonds. The highest BCUT2D eigenvalue weighted by molar-refractivity contribution is 7.74. The average Bonchev–Trinajstić information content (AvgIpc) is 1.21. The molecule has 0 rings (SSSR count). The maximum Gasteiger partial charge on any atom is 0.304 e. The van der Waals surface area contributed by atoms with Gasteiger partial charge in [-0.1, -0.05) is 23.2 Å². The lowest BCUT2D eigenvalue weighted by Gasteiger charge is -2.08. The predicted octanol–water partition coefficient (Wildman–Crippen LogP) is 1.29. The third-order valence-electron chi connectivity index (χ3n) is 0.218. The van der Waals surface area contributed by atoms with E-state index in [9.17, 15) is 4.21 Å². The van der Waals surface area contributed by atoms with Crippen molar-refractivity contribution in [1.82, 2.24) is 0 Å². The molecule has 0 spiro atoms. The first kappa shape index (κ1) is 8.65. The molecule has 0 aromatic rings. The Morgan fingerprint density at radius 3 is 2.12 bits per heavy atom. The van der Waals surface area contributed by atoms with Gasteiger partial charge in [-0.25, -0.2) is 4.18 Å². The Hall–Kier alpha value is 0.650. The minimum Gasteiger partial charge on any atom is -0.284 e. The number of rotatable bonds is 2. The molecule has 1 unspecified atom stereocenters. The van der Waals surface area contributed by atoms with E-state index in [1.165, 1.54) is 6.92 Å². The summed E-state index contributed by atoms with van der Waals surface area (Å²) in [6.07, 6.45) is 0. The summed E-state index contributed by atoms with van der Waals surface area (Å²) in [6, 6.07) is 0. The van der Waals surface area contributed by atoms with Crippen molar-refractivity contribution in [2.24, 2.45) is 0 Å². The second-order valence-electron chi connectivity index (χ2n) is 1.11. The van der Waals surface area contributed by atoms with E-state index in [4.69, 9.17) is 27.8 Å². The summed E-state index contributed by atoms with van der Waals surface area (Å²) >= 11 is 7.84. The van der Waals surface area contributed by atoms with Crippen LogP contribution in [0.15, 0.2) is 0 Å². The third-order valence-corrected chi connectivity index (χ3v) is 1.03. The summed E-state index contributed by atoms with van der Waals surface area (Å²) in [7, 11) is 0. The van der Waals surface area contributed by atoms with Gasteiger partial charge in [0.2, 0.25) is 4.52 Å². The molecular weight excluding hydrogens is 175 g/mol. The van der Waals surface area contributed by atoms with Gasteiger partial charge in [-0.3, -0.25) is 4.55 Å². The fraction of sp³-hybridized carbons (Fsp3) is 1.00. The van der Waals surface area contributed by atoms with Crippen molar-refractivity contribution in [1.29, 1.82) is 0 Å². The first-order chi connectivity index (χ1) is 3.42. The molecule has 1 atom stereocenters. The zero-order valence-corrected chi connectivity index (χ0v) is 6.26. The number of hydrogen-bond acceptors (Lipinski definition) is 2. The highest BCUT2D eigenvalue weighted by Crippen LogP contribution is 2.21. The molecule has 0 radical (unpaired) electrons. The van der Waals surface area contributed by atoms with E-state index in [2.05, 4.69) is 4.18 Å². The monoisotopic (exact) mass is 178 g/mol. The van der Waals surface area contributed by atoms with Gasteiger partial charge in [0.15, 0.2) is 0 Å². The van der Waals surface area contributed by atoms with Crippen LogP contribution in [0.1, 0.15) is 6.92 Å². The summed E-state index contributed by atoms with van der Waals surface area (Å²) in [6.45, 7) is 1.24. The minimum atomic E-state index is -2.40. The second kappa shape index (κ2) is 2.98. The summed E-state index contributed by atoms with van der Waals surface area (Å²) < 4.78 is 20.1. The van der Waals surface area contributed by atoms with Gasteiger partial charge in [-0.15, -0.1) is 0 Å². The van der Waals surface area contributed by atoms with Crippen molar-refractivity contribution in [3.05, 3.63) is 0 Å². The molecular formula is C2H4Cl2O3S. The molecule has 1 N–H and O–H groups in total. The first-order valence-electron chi connectivity index (χ1n) is 1.60. The minimum absolute atomic E-state index is 1.24. The molecule has 0 aliphatic carbocycles. The van der Waals surface area contributed by atoms with Crippen LogP contribution in [0.3, 0.4) is 0 Å². The molecule has 0 aliphatic rings. The fourth-order valence-corrected chi connectivity index (χ4v) is 0.699. The topological polar surface area (TPSA) is 46.5 Å². The molecule has 0 saturated heterocycles. The zero-order valence-electron chi connectivity index (χ0n) is 3.93. The summed E-state index contributed by atoms with van der Waals surface area (Å²) in [5.41, 5.74) is 0. The van der Waals surface area contributed by atoms with Crippen LogP contribution in [0.4, 0.5) is 0 Å². The van der Waals surface area contributed by atoms with Crippen LogP contribution in [0.2, 0.25) is 0 Å². The Labute approximate surface area is 59.4 Å². The van der Waals surface area contributed by atoms with Crippen molar-refractivity contribution in [2.45, 2.75) is 11.4 Å². The molecule has 0 fully saturated rings. The Morgan fingerprint density at radius 2 is 2.12 bits per heavy atom. The number of halogens is 2. The summed E-state index contributed by atoms with van der Waals surface area (Å²) in [4.78, 5) is 0. The van der Waals surface area contributed by atoms with Crippen LogP contribution in [-0.4, -0.2) is 13.3 Å². The van der Waals surface area contributed by atoms with Crippen LogP contribution in [0.5, 0.6) is 0 Å². The van der Waals surface area contributed by atoms with Crippen molar-refractivity contribution in [3.63, 3.8) is 0 Å². The van der Waals surface area contributed by atoms with Crippen molar-refractivity contribution < 1.29 is 12.9 Å². The van der Waals surface area contributed by atoms with Crippen LogP contribution < -0.4 is 0 Å². The smallest absolute Gasteiger partial charge is 0.284 e. The van der Waals surface area contributed by atoms with E-state index in [0.717, 1.165) is 0 Å². The quantitative estimate of drug-likeness (QED) is 0.513. The van der Waals surface area contributed by atoms with Gasteiger partial charge < -0.3 is 0 Å². The summed E-state index contributed by atoms with van der Waals surface area (Å²) in [5, 5.41) is 0. The molecule has 6 heteroatoms. The Kier molecular flexibility index (Phi) is 3.23. The molecule has 0 bridgehead atoms. The van der Waals surface area contributed by atoms with Gasteiger partial charge in [0.25, 0.3) is 0 Å². The normalized spacial score (nSPS) is 16.0. The van der Waals surface area contributed by atoms with Gasteiger partial charge >= 0.3 is 11.4 Å². The summed E-state index contributed by atoms with van der Waals surface area (Å²) in [5.74, 6) is 0. The number of alkyl halides is 2. The molecule has 0 aromatic heterocycles. The van der Waals surface area contributed by atoms with Crippen molar-refractivity contribution in [2.75, 3.05) is 0 Å². The lowest BCUT2D eigenvalue weighted by molar-refractivity contribution is 0.259. The van der Waals surface area contributed by atoms with Crippen LogP contribution in [-0.2, 0) is 15.5 Å². The molecule has 50 valence electrons. The zero-order chi connectivity index (χ0) is 6.78. The Morgan fingerprint density at radius 1 is 1.75 bits per heavy atom. The molecule has 0 heterocycles. The molecule has 3 nitrogen and oxygen atoms in total. The standard InChI is InChI=1S/C2H4Cl2O3S/c1-2(3,4)7-8(5)6/h1H3,(H,5,6). The van der Waals surface area contributed by atoms with Crippen molar-refractivity contribution in [3.8, 4) is 0 Å². The van der Waals surface area contributed by atoms with E-state index < -0.39 is 15.9 Å². The van der Waals surface area contributed by atoms with Gasteiger partial charge in [-0.2, -0.15) is 4.21 Å². The first-order valence-corrected chi connectivity index (χ1v) is 3.39. The lowest BCUT2D eigenvalue weighted by Crippen LogP contribution is -2.13. The number of hydrogen-bond donors (Lipinski definition) is 1. The van der Waals surface area contributed by atoms with Crippen LogP contribution >= 0.6 is 23.2 Å². The lowest BCUT2D eigenvalue weighted by atomic mass is 10.9. The Bertz CT molecular complexity index is 97.9. The predicted molar refractivity (Wildman–Crippen MR) is 32.0 cm³/mol. The van der Waals surface area contributed by atoms with E-state index in [1.54, 1.807) is 0 Å². The SMILES string of the molecule is CC(Cl)(Cl)OS(=O)O. The molecule has 8 heavy (non-hydrogen) atoms. The van der Waals surface area contributed by atoms with E-state index in [1.807, 2.05) is 0 Å². The third kappa shape index (κ3) is 6.65. The largest absolute Gasteiger partial charge is 0.304 e. The van der Waals surface area contributed by atoms with Gasteiger partial charge in [0.05, 0.1) is 0 Å². The maximum atomic E-state index is 9.73.